The van der Waals surface area contributed by atoms with Crippen LogP contribution in [0.4, 0.5) is 5.69 Å². The van der Waals surface area contributed by atoms with Crippen LogP contribution in [-0.4, -0.2) is 32.7 Å². The Morgan fingerprint density at radius 3 is 2.28 bits per heavy atom. The van der Waals surface area contributed by atoms with Gasteiger partial charge >= 0.3 is 5.97 Å². The highest BCUT2D eigenvalue weighted by molar-refractivity contribution is 6.33. The molecule has 2 rings (SSSR count). The summed E-state index contributed by atoms with van der Waals surface area (Å²) in [6.07, 6.45) is 0. The number of amides is 1. The van der Waals surface area contributed by atoms with E-state index in [0.29, 0.717) is 17.2 Å². The smallest absolute Gasteiger partial charge is 0.339 e. The maximum absolute atomic E-state index is 12.6. The van der Waals surface area contributed by atoms with Gasteiger partial charge in [-0.3, -0.25) is 4.79 Å². The van der Waals surface area contributed by atoms with E-state index >= 15 is 0 Å². The molecule has 0 spiro atoms. The molecule has 0 atom stereocenters. The van der Waals surface area contributed by atoms with E-state index in [0.717, 1.165) is 0 Å². The molecule has 1 N–H and O–H groups in total. The number of nitrogens with one attached hydrogen (secondary N) is 1. The molecule has 0 saturated carbocycles. The van der Waals surface area contributed by atoms with Crippen molar-refractivity contribution in [3.63, 3.8) is 0 Å². The number of methoxy groups -OCH3 is 2. The predicted octanol–water partition coefficient (Wildman–Crippen LogP) is 3.79. The summed E-state index contributed by atoms with van der Waals surface area (Å²) in [4.78, 5) is 24.6. The molecule has 0 aliphatic carbocycles. The summed E-state index contributed by atoms with van der Waals surface area (Å²) in [6, 6.07) is 9.59. The first kappa shape index (κ1) is 18.6. The highest BCUT2D eigenvalue weighted by Gasteiger charge is 2.19. The minimum Gasteiger partial charge on any atom is -0.496 e. The number of rotatable bonds is 6. The zero-order valence-electron chi connectivity index (χ0n) is 14.1. The first-order valence-electron chi connectivity index (χ1n) is 7.50. The van der Waals surface area contributed by atoms with Gasteiger partial charge in [0, 0.05) is 5.69 Å². The Hall–Kier alpha value is -2.73. The fourth-order valence-electron chi connectivity index (χ4n) is 2.24. The van der Waals surface area contributed by atoms with Crippen LogP contribution in [0.5, 0.6) is 11.5 Å². The number of anilines is 1. The Kier molecular flexibility index (Phi) is 6.25. The van der Waals surface area contributed by atoms with E-state index in [9.17, 15) is 9.59 Å². The molecule has 132 valence electrons. The van der Waals surface area contributed by atoms with Crippen molar-refractivity contribution in [1.29, 1.82) is 0 Å². The molecule has 0 fully saturated rings. The normalized spacial score (nSPS) is 10.1. The molecule has 0 unspecified atom stereocenters. The molecule has 7 heteroatoms. The maximum atomic E-state index is 12.6. The van der Waals surface area contributed by atoms with Gasteiger partial charge in [0.1, 0.15) is 17.1 Å². The van der Waals surface area contributed by atoms with Crippen LogP contribution in [0.3, 0.4) is 0 Å². The standard InChI is InChI=1S/C18H18ClNO5/c1-4-25-18(22)12-10-11(8-9-13(12)19)20-17(21)16-14(23-2)6-5-7-15(16)24-3/h5-10H,4H2,1-3H3,(H,20,21). The van der Waals surface area contributed by atoms with E-state index in [4.69, 9.17) is 25.8 Å². The van der Waals surface area contributed by atoms with Gasteiger partial charge in [0.05, 0.1) is 31.4 Å². The summed E-state index contributed by atoms with van der Waals surface area (Å²) in [6.45, 7) is 1.93. The Balaban J connectivity index is 2.33. The number of hydrogen-bond acceptors (Lipinski definition) is 5. The third-order valence-corrected chi connectivity index (χ3v) is 3.70. The minimum absolute atomic E-state index is 0.174. The second-order valence-corrected chi connectivity index (χ2v) is 5.31. The first-order chi connectivity index (χ1) is 12.0. The summed E-state index contributed by atoms with van der Waals surface area (Å²) < 4.78 is 15.4. The topological polar surface area (TPSA) is 73.9 Å². The van der Waals surface area contributed by atoms with Crippen molar-refractivity contribution in [1.82, 2.24) is 0 Å². The summed E-state index contributed by atoms with van der Waals surface area (Å²) in [5, 5.41) is 2.95. The van der Waals surface area contributed by atoms with Gasteiger partial charge in [0.25, 0.3) is 5.91 Å². The number of ether oxygens (including phenoxy) is 3. The van der Waals surface area contributed by atoms with Crippen molar-refractivity contribution < 1.29 is 23.8 Å². The Labute approximate surface area is 150 Å². The fourth-order valence-corrected chi connectivity index (χ4v) is 2.43. The second-order valence-electron chi connectivity index (χ2n) is 4.91. The molecule has 1 amide bonds. The lowest BCUT2D eigenvalue weighted by Gasteiger charge is -2.13. The number of benzene rings is 2. The molecular weight excluding hydrogens is 346 g/mol. The largest absolute Gasteiger partial charge is 0.496 e. The monoisotopic (exact) mass is 363 g/mol. The van der Waals surface area contributed by atoms with Crippen LogP contribution in [0.25, 0.3) is 0 Å². The molecule has 2 aromatic rings. The van der Waals surface area contributed by atoms with Crippen LogP contribution in [0.15, 0.2) is 36.4 Å². The van der Waals surface area contributed by atoms with Crippen LogP contribution in [0.2, 0.25) is 5.02 Å². The number of carbonyl (C=O) groups is 2. The molecule has 0 radical (unpaired) electrons. The molecule has 6 nitrogen and oxygen atoms in total. The Morgan fingerprint density at radius 2 is 1.72 bits per heavy atom. The zero-order valence-corrected chi connectivity index (χ0v) is 14.8. The third kappa shape index (κ3) is 4.22. The number of esters is 1. The highest BCUT2D eigenvalue weighted by atomic mass is 35.5. The molecule has 0 aliphatic rings. The van der Waals surface area contributed by atoms with Gasteiger partial charge in [-0.1, -0.05) is 17.7 Å². The van der Waals surface area contributed by atoms with Crippen LogP contribution < -0.4 is 14.8 Å². The fraction of sp³-hybridized carbons (Fsp3) is 0.222. The first-order valence-corrected chi connectivity index (χ1v) is 7.88. The minimum atomic E-state index is -0.557. The lowest BCUT2D eigenvalue weighted by molar-refractivity contribution is 0.0526. The number of carbonyl (C=O) groups excluding carboxylic acids is 2. The molecule has 0 saturated heterocycles. The van der Waals surface area contributed by atoms with Gasteiger partial charge in [-0.15, -0.1) is 0 Å². The summed E-state index contributed by atoms with van der Waals surface area (Å²) in [7, 11) is 2.93. The summed E-state index contributed by atoms with van der Waals surface area (Å²) >= 11 is 6.02. The molecule has 2 aromatic carbocycles. The van der Waals surface area contributed by atoms with Crippen LogP contribution >= 0.6 is 11.6 Å². The molecule has 0 aromatic heterocycles. The molecule has 0 aliphatic heterocycles. The molecule has 0 heterocycles. The van der Waals surface area contributed by atoms with E-state index in [2.05, 4.69) is 5.32 Å². The van der Waals surface area contributed by atoms with Crippen molar-refractivity contribution in [2.75, 3.05) is 26.1 Å². The zero-order chi connectivity index (χ0) is 18.4. The van der Waals surface area contributed by atoms with E-state index in [1.165, 1.54) is 26.4 Å². The van der Waals surface area contributed by atoms with Crippen molar-refractivity contribution >= 4 is 29.2 Å². The number of hydrogen-bond donors (Lipinski definition) is 1. The van der Waals surface area contributed by atoms with Gasteiger partial charge in [0.2, 0.25) is 0 Å². The molecule has 0 bridgehead atoms. The van der Waals surface area contributed by atoms with Gasteiger partial charge in [-0.05, 0) is 37.3 Å². The van der Waals surface area contributed by atoms with E-state index in [-0.39, 0.29) is 22.8 Å². The summed E-state index contributed by atoms with van der Waals surface area (Å²) in [5.41, 5.74) is 0.818. The maximum Gasteiger partial charge on any atom is 0.339 e. The third-order valence-electron chi connectivity index (χ3n) is 3.37. The van der Waals surface area contributed by atoms with Gasteiger partial charge in [0.15, 0.2) is 0 Å². The van der Waals surface area contributed by atoms with Crippen LogP contribution in [-0.2, 0) is 4.74 Å². The van der Waals surface area contributed by atoms with Crippen LogP contribution in [0, 0.1) is 0 Å². The molecule has 25 heavy (non-hydrogen) atoms. The van der Waals surface area contributed by atoms with Gasteiger partial charge in [-0.25, -0.2) is 4.79 Å². The van der Waals surface area contributed by atoms with E-state index in [1.54, 1.807) is 31.2 Å². The predicted molar refractivity (Wildman–Crippen MR) is 94.9 cm³/mol. The number of halogens is 1. The Morgan fingerprint density at radius 1 is 1.08 bits per heavy atom. The quantitative estimate of drug-likeness (QED) is 0.790. The van der Waals surface area contributed by atoms with Crippen molar-refractivity contribution in [2.45, 2.75) is 6.92 Å². The van der Waals surface area contributed by atoms with Gasteiger partial charge < -0.3 is 19.5 Å². The van der Waals surface area contributed by atoms with Crippen molar-refractivity contribution in [2.24, 2.45) is 0 Å². The average Bonchev–Trinajstić information content (AvgIpc) is 2.62. The van der Waals surface area contributed by atoms with Crippen molar-refractivity contribution in [3.05, 3.63) is 52.5 Å². The highest BCUT2D eigenvalue weighted by Crippen LogP contribution is 2.29. The second kappa shape index (κ2) is 8.39. The van der Waals surface area contributed by atoms with Crippen molar-refractivity contribution in [3.8, 4) is 11.5 Å². The lowest BCUT2D eigenvalue weighted by atomic mass is 10.1. The van der Waals surface area contributed by atoms with E-state index in [1.807, 2.05) is 0 Å². The molecular formula is C18H18ClNO5. The van der Waals surface area contributed by atoms with E-state index < -0.39 is 11.9 Å². The summed E-state index contributed by atoms with van der Waals surface area (Å²) in [5.74, 6) is -0.252. The Bertz CT molecular complexity index is 769. The van der Waals surface area contributed by atoms with Crippen LogP contribution in [0.1, 0.15) is 27.6 Å². The average molecular weight is 364 g/mol. The SMILES string of the molecule is CCOC(=O)c1cc(NC(=O)c2c(OC)cccc2OC)ccc1Cl. The lowest BCUT2D eigenvalue weighted by Crippen LogP contribution is -2.15. The van der Waals surface area contributed by atoms with Gasteiger partial charge in [-0.2, -0.15) is 0 Å².